The maximum atomic E-state index is 9.17. The van der Waals surface area contributed by atoms with Crippen molar-refractivity contribution in [3.05, 3.63) is 29.3 Å². The maximum Gasteiger partial charge on any atom is 0.290 e. The van der Waals surface area contributed by atoms with Gasteiger partial charge in [0.25, 0.3) is 10.3 Å². The molecular formula is C12H10Cl6O5. The molecule has 0 spiro atoms. The highest BCUT2D eigenvalue weighted by atomic mass is 35.6. The number of aliphatic hydroxyl groups excluding tert-OH is 1. The van der Waals surface area contributed by atoms with Crippen LogP contribution in [0.15, 0.2) is 18.2 Å². The summed E-state index contributed by atoms with van der Waals surface area (Å²) in [5.41, 5.74) is 1.07. The predicted octanol–water partition coefficient (Wildman–Crippen LogP) is 4.40. The van der Waals surface area contributed by atoms with Crippen molar-refractivity contribution in [2.75, 3.05) is 0 Å². The molecule has 0 aromatic heterocycles. The largest absolute Gasteiger partial charge is 0.483 e. The molecule has 2 N–H and O–H groups in total. The molecule has 0 saturated carbocycles. The summed E-state index contributed by atoms with van der Waals surface area (Å²) >= 11 is 35.0. The summed E-state index contributed by atoms with van der Waals surface area (Å²) in [4.78, 5) is 8.36. The van der Waals surface area contributed by atoms with Crippen LogP contribution in [0.3, 0.4) is 0 Å². The van der Waals surface area contributed by atoms with Gasteiger partial charge in [-0.05, 0) is 17.7 Å². The Hall–Kier alpha value is 0.150. The average molecular weight is 447 g/mol. The van der Waals surface area contributed by atoms with Crippen LogP contribution in [-0.2, 0) is 16.1 Å². The summed E-state index contributed by atoms with van der Waals surface area (Å²) in [5, 5.41) is 16.1. The fraction of sp³-hybridized carbons (Fsp3) is 0.417. The van der Waals surface area contributed by atoms with E-state index in [2.05, 4.69) is 0 Å². The first-order chi connectivity index (χ1) is 10.5. The number of fused-ring (bicyclic) bond motifs is 1. The lowest BCUT2D eigenvalue weighted by atomic mass is 10.0. The minimum absolute atomic E-state index is 0.173. The monoisotopic (exact) mass is 444 g/mol. The van der Waals surface area contributed by atoms with Crippen LogP contribution in [-0.4, -0.2) is 30.6 Å². The van der Waals surface area contributed by atoms with Gasteiger partial charge in [-0.3, -0.25) is 4.79 Å². The zero-order valence-electron chi connectivity index (χ0n) is 11.1. The number of carbonyl (C=O) groups is 1. The molecule has 0 aliphatic carbocycles. The molecule has 2 atom stereocenters. The average Bonchev–Trinajstić information content (AvgIpc) is 2.44. The SMILES string of the molecule is O=CO.OCc1ccc2c(c1)C(C(Cl)(Cl)Cl)OC(C(Cl)(Cl)Cl)O2. The number of benzene rings is 1. The van der Waals surface area contributed by atoms with E-state index in [1.165, 1.54) is 0 Å². The van der Waals surface area contributed by atoms with E-state index in [1.807, 2.05) is 0 Å². The van der Waals surface area contributed by atoms with Crippen molar-refractivity contribution in [3.63, 3.8) is 0 Å². The molecule has 1 aliphatic heterocycles. The minimum atomic E-state index is -1.85. The summed E-state index contributed by atoms with van der Waals surface area (Å²) in [6, 6.07) is 4.85. The van der Waals surface area contributed by atoms with Gasteiger partial charge in [-0.2, -0.15) is 0 Å². The molecule has 1 aromatic rings. The quantitative estimate of drug-likeness (QED) is 0.494. The molecule has 2 rings (SSSR count). The van der Waals surface area contributed by atoms with Gasteiger partial charge in [0.2, 0.25) is 10.1 Å². The van der Waals surface area contributed by atoms with Crippen LogP contribution in [0.4, 0.5) is 0 Å². The number of alkyl halides is 6. The van der Waals surface area contributed by atoms with E-state index >= 15 is 0 Å². The second-order valence-electron chi connectivity index (χ2n) is 4.18. The third-order valence-electron chi connectivity index (χ3n) is 2.60. The van der Waals surface area contributed by atoms with E-state index in [4.69, 9.17) is 94.1 Å². The molecule has 2 unspecified atom stereocenters. The van der Waals surface area contributed by atoms with Crippen molar-refractivity contribution in [2.45, 2.75) is 26.6 Å². The lowest BCUT2D eigenvalue weighted by Gasteiger charge is -2.38. The van der Waals surface area contributed by atoms with Gasteiger partial charge in [0.15, 0.2) is 0 Å². The molecule has 0 bridgehead atoms. The molecule has 0 fully saturated rings. The lowest BCUT2D eigenvalue weighted by molar-refractivity contribution is -0.136. The molecule has 130 valence electrons. The van der Waals surface area contributed by atoms with Crippen LogP contribution < -0.4 is 4.74 Å². The lowest BCUT2D eigenvalue weighted by Crippen LogP contribution is -2.42. The van der Waals surface area contributed by atoms with E-state index < -0.39 is 20.0 Å². The standard InChI is InChI=1S/C11H8Cl6O3.CH2O2/c12-10(13,14)8-6-3-5(4-18)1-2-7(6)19-9(20-8)11(15,16)17;2-1-3/h1-3,8-9,18H,4H2;1H,(H,2,3). The number of hydrogen-bond donors (Lipinski definition) is 2. The Kier molecular flexibility index (Phi) is 7.83. The fourth-order valence-electron chi connectivity index (χ4n) is 1.75. The number of halogens is 6. The minimum Gasteiger partial charge on any atom is -0.483 e. The summed E-state index contributed by atoms with van der Waals surface area (Å²) in [6.07, 6.45) is -2.22. The van der Waals surface area contributed by atoms with Gasteiger partial charge in [-0.1, -0.05) is 75.7 Å². The Bertz CT molecular complexity index is 542. The maximum absolute atomic E-state index is 9.17. The highest BCUT2D eigenvalue weighted by Gasteiger charge is 2.48. The zero-order valence-corrected chi connectivity index (χ0v) is 15.6. The summed E-state index contributed by atoms with van der Waals surface area (Å²) in [7, 11) is 0. The molecule has 23 heavy (non-hydrogen) atoms. The molecule has 0 amide bonds. The van der Waals surface area contributed by atoms with Gasteiger partial charge >= 0.3 is 0 Å². The molecular weight excluding hydrogens is 437 g/mol. The van der Waals surface area contributed by atoms with Crippen LogP contribution in [0.25, 0.3) is 0 Å². The van der Waals surface area contributed by atoms with Crippen molar-refractivity contribution >= 4 is 76.1 Å². The Morgan fingerprint density at radius 3 is 2.13 bits per heavy atom. The normalized spacial score (nSPS) is 20.7. The van der Waals surface area contributed by atoms with Crippen LogP contribution in [0.1, 0.15) is 17.2 Å². The number of carboxylic acid groups (broad SMARTS) is 1. The first kappa shape index (κ1) is 21.2. The van der Waals surface area contributed by atoms with Crippen LogP contribution in [0, 0.1) is 0 Å². The third-order valence-corrected chi connectivity index (χ3v) is 3.73. The van der Waals surface area contributed by atoms with Gasteiger partial charge in [-0.15, -0.1) is 0 Å². The van der Waals surface area contributed by atoms with E-state index in [-0.39, 0.29) is 13.1 Å². The number of ether oxygens (including phenoxy) is 2. The van der Waals surface area contributed by atoms with Crippen molar-refractivity contribution in [1.82, 2.24) is 0 Å². The topological polar surface area (TPSA) is 76.0 Å². The highest BCUT2D eigenvalue weighted by Crippen LogP contribution is 2.51. The first-order valence-electron chi connectivity index (χ1n) is 5.81. The molecule has 11 heteroatoms. The zero-order chi connectivity index (χ0) is 17.8. The molecule has 0 radical (unpaired) electrons. The Balaban J connectivity index is 0.000000816. The number of rotatable bonds is 1. The third kappa shape index (κ3) is 5.87. The Labute approximate surface area is 161 Å². The Morgan fingerprint density at radius 1 is 1.13 bits per heavy atom. The van der Waals surface area contributed by atoms with Crippen LogP contribution >= 0.6 is 69.6 Å². The molecule has 1 aliphatic rings. The first-order valence-corrected chi connectivity index (χ1v) is 8.08. The molecule has 5 nitrogen and oxygen atoms in total. The molecule has 1 heterocycles. The predicted molar refractivity (Wildman–Crippen MR) is 89.9 cm³/mol. The van der Waals surface area contributed by atoms with Gasteiger partial charge < -0.3 is 19.7 Å². The fourth-order valence-corrected chi connectivity index (χ4v) is 2.54. The second-order valence-corrected chi connectivity index (χ2v) is 8.92. The highest BCUT2D eigenvalue weighted by molar-refractivity contribution is 6.68. The summed E-state index contributed by atoms with van der Waals surface area (Å²) in [5.74, 6) is 0.362. The summed E-state index contributed by atoms with van der Waals surface area (Å²) in [6.45, 7) is -0.423. The van der Waals surface area contributed by atoms with E-state index in [1.54, 1.807) is 18.2 Å². The summed E-state index contributed by atoms with van der Waals surface area (Å²) < 4.78 is 7.25. The van der Waals surface area contributed by atoms with Crippen LogP contribution in [0.5, 0.6) is 5.75 Å². The molecule has 0 saturated heterocycles. The van der Waals surface area contributed by atoms with E-state index in [0.29, 0.717) is 16.9 Å². The van der Waals surface area contributed by atoms with E-state index in [9.17, 15) is 0 Å². The van der Waals surface area contributed by atoms with Crippen molar-refractivity contribution in [2.24, 2.45) is 0 Å². The Morgan fingerprint density at radius 2 is 1.70 bits per heavy atom. The smallest absolute Gasteiger partial charge is 0.290 e. The van der Waals surface area contributed by atoms with Gasteiger partial charge in [0, 0.05) is 5.56 Å². The number of hydrogen-bond acceptors (Lipinski definition) is 4. The van der Waals surface area contributed by atoms with Crippen LogP contribution in [0.2, 0.25) is 0 Å². The van der Waals surface area contributed by atoms with Gasteiger partial charge in [-0.25, -0.2) is 0 Å². The van der Waals surface area contributed by atoms with Crippen molar-refractivity contribution in [3.8, 4) is 5.75 Å². The van der Waals surface area contributed by atoms with Crippen molar-refractivity contribution in [1.29, 1.82) is 0 Å². The number of aliphatic hydroxyl groups is 1. The van der Waals surface area contributed by atoms with E-state index in [0.717, 1.165) is 0 Å². The molecule has 1 aromatic carbocycles. The van der Waals surface area contributed by atoms with Crippen molar-refractivity contribution < 1.29 is 24.5 Å². The van der Waals surface area contributed by atoms with Gasteiger partial charge in [0.05, 0.1) is 6.61 Å². The van der Waals surface area contributed by atoms with Gasteiger partial charge in [0.1, 0.15) is 11.9 Å². The second kappa shape index (κ2) is 8.50.